The Kier molecular flexibility index (Phi) is 6.06. The molecular weight excluding hydrogens is 398 g/mol. The summed E-state index contributed by atoms with van der Waals surface area (Å²) in [4.78, 5) is 19.2. The first-order valence-electron chi connectivity index (χ1n) is 11.4. The van der Waals surface area contributed by atoms with E-state index in [1.165, 1.54) is 16.2 Å². The summed E-state index contributed by atoms with van der Waals surface area (Å²) >= 11 is 0. The van der Waals surface area contributed by atoms with Crippen molar-refractivity contribution in [1.82, 2.24) is 9.88 Å². The van der Waals surface area contributed by atoms with E-state index in [0.717, 1.165) is 36.9 Å². The second-order valence-electron chi connectivity index (χ2n) is 9.92. The Bertz CT molecular complexity index is 1160. The maximum atomic E-state index is 12.5. The fourth-order valence-corrected chi connectivity index (χ4v) is 4.72. The highest BCUT2D eigenvalue weighted by atomic mass is 16.6. The van der Waals surface area contributed by atoms with Crippen molar-refractivity contribution in [3.8, 4) is 6.07 Å². The van der Waals surface area contributed by atoms with Crippen molar-refractivity contribution in [2.45, 2.75) is 58.5 Å². The third-order valence-electron chi connectivity index (χ3n) is 6.51. The van der Waals surface area contributed by atoms with Gasteiger partial charge in [-0.2, -0.15) is 5.26 Å². The van der Waals surface area contributed by atoms with E-state index in [9.17, 15) is 10.1 Å². The monoisotopic (exact) mass is 429 g/mol. The molecule has 166 valence electrons. The van der Waals surface area contributed by atoms with E-state index >= 15 is 0 Å². The Labute approximate surface area is 190 Å². The van der Waals surface area contributed by atoms with Gasteiger partial charge in [0, 0.05) is 36.0 Å². The summed E-state index contributed by atoms with van der Waals surface area (Å²) in [6, 6.07) is 19.1. The number of para-hydroxylation sites is 1. The van der Waals surface area contributed by atoms with Crippen LogP contribution < -0.4 is 0 Å². The summed E-state index contributed by atoms with van der Waals surface area (Å²) < 4.78 is 5.54. The van der Waals surface area contributed by atoms with Gasteiger partial charge in [-0.25, -0.2) is 4.79 Å². The van der Waals surface area contributed by atoms with Crippen LogP contribution in [0.2, 0.25) is 0 Å². The van der Waals surface area contributed by atoms with Crippen LogP contribution in [0.3, 0.4) is 0 Å². The summed E-state index contributed by atoms with van der Waals surface area (Å²) in [6.45, 7) is 6.91. The van der Waals surface area contributed by atoms with E-state index in [1.54, 1.807) is 4.90 Å². The van der Waals surface area contributed by atoms with Crippen molar-refractivity contribution in [1.29, 1.82) is 5.26 Å². The molecule has 4 rings (SSSR count). The van der Waals surface area contributed by atoms with E-state index in [2.05, 4.69) is 48.5 Å². The van der Waals surface area contributed by atoms with Crippen LogP contribution in [-0.4, -0.2) is 34.7 Å². The average Bonchev–Trinajstić information content (AvgIpc) is 2.77. The molecule has 3 aromatic rings. The molecule has 0 saturated carbocycles. The Hall–Kier alpha value is -3.13. The zero-order valence-electron chi connectivity index (χ0n) is 19.2. The number of piperidine rings is 1. The minimum absolute atomic E-state index is 0.0955. The summed E-state index contributed by atoms with van der Waals surface area (Å²) in [6.07, 6.45) is 3.57. The Morgan fingerprint density at radius 1 is 1.06 bits per heavy atom. The van der Waals surface area contributed by atoms with Crippen molar-refractivity contribution in [3.63, 3.8) is 0 Å². The number of carbonyl (C=O) groups excluding carboxylic acids is 1. The number of aryl methyl sites for hydroxylation is 1. The molecule has 1 aromatic heterocycles. The van der Waals surface area contributed by atoms with Crippen LogP contribution >= 0.6 is 0 Å². The zero-order chi connectivity index (χ0) is 22.8. The molecule has 1 aliphatic heterocycles. The lowest BCUT2D eigenvalue weighted by Gasteiger charge is -2.41. The molecule has 5 heteroatoms. The lowest BCUT2D eigenvalue weighted by Crippen LogP contribution is -2.45. The van der Waals surface area contributed by atoms with Gasteiger partial charge in [0.25, 0.3) is 0 Å². The molecule has 5 nitrogen and oxygen atoms in total. The average molecular weight is 430 g/mol. The second-order valence-corrected chi connectivity index (χ2v) is 9.92. The predicted octanol–water partition coefficient (Wildman–Crippen LogP) is 6.25. The van der Waals surface area contributed by atoms with Crippen molar-refractivity contribution in [2.24, 2.45) is 5.41 Å². The summed E-state index contributed by atoms with van der Waals surface area (Å²) in [5.41, 5.74) is 1.50. The van der Waals surface area contributed by atoms with Crippen LogP contribution in [0.15, 0.2) is 48.5 Å². The van der Waals surface area contributed by atoms with Crippen molar-refractivity contribution in [2.75, 3.05) is 13.1 Å². The lowest BCUT2D eigenvalue weighted by molar-refractivity contribution is 0.00941. The van der Waals surface area contributed by atoms with Gasteiger partial charge in [0.2, 0.25) is 0 Å². The molecule has 0 atom stereocenters. The summed E-state index contributed by atoms with van der Waals surface area (Å²) in [7, 11) is 0. The third kappa shape index (κ3) is 4.70. The lowest BCUT2D eigenvalue weighted by atomic mass is 9.72. The molecule has 0 radical (unpaired) electrons. The standard InChI is InChI=1S/C27H31N3O2/c1-26(2,3)32-25(31)30-18-15-27(14-17-28,16-19-30)13-12-24-22-9-5-4-8-20(22)21-10-6-7-11-23(21)29-24/h4-11H,12-16,18-19H2,1-3H3. The summed E-state index contributed by atoms with van der Waals surface area (Å²) in [5, 5.41) is 13.1. The molecule has 0 spiro atoms. The molecule has 2 heterocycles. The molecule has 1 fully saturated rings. The van der Waals surface area contributed by atoms with Gasteiger partial charge < -0.3 is 9.64 Å². The molecule has 0 unspecified atom stereocenters. The Morgan fingerprint density at radius 3 is 2.34 bits per heavy atom. The first kappa shape index (κ1) is 22.1. The molecular formula is C27H31N3O2. The van der Waals surface area contributed by atoms with E-state index in [-0.39, 0.29) is 11.5 Å². The van der Waals surface area contributed by atoms with Gasteiger partial charge in [0.1, 0.15) is 5.60 Å². The highest BCUT2D eigenvalue weighted by Crippen LogP contribution is 2.40. The number of likely N-dealkylation sites (tertiary alicyclic amines) is 1. The Morgan fingerprint density at radius 2 is 1.69 bits per heavy atom. The van der Waals surface area contributed by atoms with E-state index in [4.69, 9.17) is 9.72 Å². The molecule has 0 bridgehead atoms. The SMILES string of the molecule is CC(C)(C)OC(=O)N1CCC(CC#N)(CCc2nc3ccccc3c3ccccc23)CC1. The minimum atomic E-state index is -0.499. The highest BCUT2D eigenvalue weighted by Gasteiger charge is 2.37. The number of amides is 1. The number of pyridine rings is 1. The number of nitriles is 1. The van der Waals surface area contributed by atoms with Crippen LogP contribution in [0.1, 0.15) is 52.1 Å². The fraction of sp³-hybridized carbons (Fsp3) is 0.444. The largest absolute Gasteiger partial charge is 0.444 e. The topological polar surface area (TPSA) is 66.2 Å². The molecule has 1 aliphatic rings. The molecule has 1 saturated heterocycles. The van der Waals surface area contributed by atoms with Gasteiger partial charge >= 0.3 is 6.09 Å². The molecule has 0 N–H and O–H groups in total. The second kappa shape index (κ2) is 8.78. The van der Waals surface area contributed by atoms with Gasteiger partial charge in [-0.15, -0.1) is 0 Å². The van der Waals surface area contributed by atoms with E-state index in [0.29, 0.717) is 19.5 Å². The van der Waals surface area contributed by atoms with Crippen LogP contribution in [0.4, 0.5) is 4.79 Å². The molecule has 2 aromatic carbocycles. The van der Waals surface area contributed by atoms with Crippen LogP contribution in [0, 0.1) is 16.7 Å². The maximum absolute atomic E-state index is 12.5. The number of carbonyl (C=O) groups is 1. The van der Waals surface area contributed by atoms with Gasteiger partial charge in [-0.3, -0.25) is 4.98 Å². The molecule has 1 amide bonds. The predicted molar refractivity (Wildman–Crippen MR) is 127 cm³/mol. The summed E-state index contributed by atoms with van der Waals surface area (Å²) in [5.74, 6) is 0. The van der Waals surface area contributed by atoms with E-state index < -0.39 is 5.60 Å². The van der Waals surface area contributed by atoms with Gasteiger partial charge in [0.15, 0.2) is 0 Å². The highest BCUT2D eigenvalue weighted by molar-refractivity contribution is 6.06. The van der Waals surface area contributed by atoms with Crippen molar-refractivity contribution >= 4 is 27.8 Å². The van der Waals surface area contributed by atoms with Gasteiger partial charge in [-0.1, -0.05) is 42.5 Å². The minimum Gasteiger partial charge on any atom is -0.444 e. The van der Waals surface area contributed by atoms with Crippen LogP contribution in [0.5, 0.6) is 0 Å². The number of nitrogens with zero attached hydrogens (tertiary/aromatic N) is 3. The molecule has 0 aliphatic carbocycles. The molecule has 32 heavy (non-hydrogen) atoms. The number of hydrogen-bond acceptors (Lipinski definition) is 4. The van der Waals surface area contributed by atoms with Crippen LogP contribution in [-0.2, 0) is 11.2 Å². The first-order chi connectivity index (χ1) is 15.3. The van der Waals surface area contributed by atoms with Gasteiger partial charge in [0.05, 0.1) is 11.6 Å². The first-order valence-corrected chi connectivity index (χ1v) is 11.4. The van der Waals surface area contributed by atoms with E-state index in [1.807, 2.05) is 26.8 Å². The quantitative estimate of drug-likeness (QED) is 0.460. The Balaban J connectivity index is 1.53. The van der Waals surface area contributed by atoms with Crippen molar-refractivity contribution < 1.29 is 9.53 Å². The van der Waals surface area contributed by atoms with Crippen molar-refractivity contribution in [3.05, 3.63) is 54.2 Å². The number of benzene rings is 2. The van der Waals surface area contributed by atoms with Gasteiger partial charge in [-0.05, 0) is 63.3 Å². The number of hydrogen-bond donors (Lipinski definition) is 0. The maximum Gasteiger partial charge on any atom is 0.410 e. The third-order valence-corrected chi connectivity index (χ3v) is 6.51. The number of aromatic nitrogens is 1. The normalized spacial score (nSPS) is 16.1. The zero-order valence-corrected chi connectivity index (χ0v) is 19.2. The van der Waals surface area contributed by atoms with Crippen LogP contribution in [0.25, 0.3) is 21.7 Å². The number of fused-ring (bicyclic) bond motifs is 3. The number of ether oxygens (including phenoxy) is 1. The smallest absolute Gasteiger partial charge is 0.410 e. The fourth-order valence-electron chi connectivity index (χ4n) is 4.72. The number of rotatable bonds is 4.